The lowest BCUT2D eigenvalue weighted by molar-refractivity contribution is -0.142. The number of rotatable bonds is 46. The molecule has 34 heteroatoms. The van der Waals surface area contributed by atoms with Gasteiger partial charge in [0, 0.05) is 81.7 Å². The number of nitrogens with two attached hydrogens (primary N) is 3. The van der Waals surface area contributed by atoms with Crippen LogP contribution < -0.4 is 81.0 Å². The molecule has 624 valence electrons. The van der Waals surface area contributed by atoms with Crippen LogP contribution in [0.3, 0.4) is 0 Å². The van der Waals surface area contributed by atoms with Crippen molar-refractivity contribution in [2.24, 2.45) is 11.7 Å². The highest BCUT2D eigenvalue weighted by Gasteiger charge is 2.40. The van der Waals surface area contributed by atoms with E-state index in [1.165, 1.54) is 67.8 Å². The molecule has 0 radical (unpaired) electrons. The number of aliphatic hydroxyl groups excluding tert-OH is 1. The van der Waals surface area contributed by atoms with E-state index in [9.17, 15) is 57.8 Å². The molecule has 6 aromatic rings. The van der Waals surface area contributed by atoms with Crippen LogP contribution in [-0.4, -0.2) is 201 Å². The van der Waals surface area contributed by atoms with E-state index in [1.807, 2.05) is 70.2 Å². The molecular weight excluding hydrogens is 1510 g/mol. The number of primary amides is 1. The van der Waals surface area contributed by atoms with Crippen molar-refractivity contribution in [1.82, 2.24) is 83.7 Å². The SMILES string of the molecule is CC(=O)N[C@H](Cc1ccc2ccccc2c1)C(=O)N[C@H](Cc1ccc(Cl)cc1)C(=O)N[C@H](Cc1cccnc1)C(=O)N[C@@H](CO)C(=O)N[C@@H](CCCCNC(=O)c1ccc(N)nc1)C(=O)N[C@H](CCCCNC(=O)c1ccc(N)nc1)C(=O)N[C@@H](CC(C)C)C(=O)N[C@@H](CCCCNC(C)C)C(=O)N1CCC[C@H]1C(=O)N[C@H](C)C(N)=O. The molecule has 13 amide bonds. The predicted octanol–water partition coefficient (Wildman–Crippen LogP) is 2.16. The lowest BCUT2D eigenvalue weighted by Crippen LogP contribution is -2.61. The first-order valence-corrected chi connectivity index (χ1v) is 39.6. The summed E-state index contributed by atoms with van der Waals surface area (Å²) in [6.07, 6.45) is 7.42. The summed E-state index contributed by atoms with van der Waals surface area (Å²) in [6.45, 7) is 10.1. The first-order chi connectivity index (χ1) is 55.4. The van der Waals surface area contributed by atoms with Crippen LogP contribution >= 0.6 is 11.6 Å². The number of hydrogen-bond acceptors (Lipinski definition) is 20. The standard InChI is InChI=1S/C82H110ClN19O14/c1-48(2)39-63(76(110)97-62(22-11-12-35-88-49(3)4)82(116)102-38-16-23-68(102)81(115)93-50(5)71(86)105)98-75(109)61(21-10-14-37-90-73(107)58-29-33-70(85)92-46-58)95-74(108)60(20-9-13-36-89-72(106)57-28-32-69(84)91-45-57)96-80(114)67(47-103)101-79(113)66(43-54-17-15-34-87-44-54)100-78(112)65(41-52-25-30-59(83)31-26-52)99-77(111)64(94-51(6)104)42-53-24-27-55-18-7-8-19-56(55)40-53/h7-8,15,17-19,24-34,40,44-46,48-50,60-68,88,103H,9-14,16,20-23,35-39,41-43,47H2,1-6H3,(H2,84,91)(H2,85,92)(H2,86,105)(H,89,106)(H,90,107)(H,93,115)(H,94,104)(H,95,108)(H,96,114)(H,97,110)(H,98,109)(H,99,111)(H,100,112)(H,101,113)/t50-,60+,61-,62+,63+,64-,65-,66-,67+,68+/m1/s1. The maximum absolute atomic E-state index is 15.2. The highest BCUT2D eigenvalue weighted by atomic mass is 35.5. The average Bonchev–Trinajstić information content (AvgIpc) is 1.46. The Morgan fingerprint density at radius 2 is 0.974 bits per heavy atom. The summed E-state index contributed by atoms with van der Waals surface area (Å²) in [5.41, 5.74) is 19.1. The second kappa shape index (κ2) is 46.6. The van der Waals surface area contributed by atoms with E-state index in [1.54, 1.807) is 36.4 Å². The number of hydrogen-bond donors (Lipinski definition) is 16. The van der Waals surface area contributed by atoms with E-state index in [0.29, 0.717) is 47.5 Å². The Morgan fingerprint density at radius 1 is 0.500 bits per heavy atom. The Hall–Kier alpha value is -11.7. The Labute approximate surface area is 679 Å². The number of aliphatic hydroxyl groups is 1. The zero-order valence-electron chi connectivity index (χ0n) is 66.3. The Bertz CT molecular complexity index is 4320. The van der Waals surface area contributed by atoms with Gasteiger partial charge in [-0.15, -0.1) is 0 Å². The van der Waals surface area contributed by atoms with Crippen LogP contribution in [0.2, 0.25) is 5.02 Å². The fourth-order valence-electron chi connectivity index (χ4n) is 13.1. The third-order valence-corrected chi connectivity index (χ3v) is 19.6. The number of nitrogen functional groups attached to an aromatic ring is 2. The summed E-state index contributed by atoms with van der Waals surface area (Å²) in [5, 5.41) is 46.7. The maximum Gasteiger partial charge on any atom is 0.252 e. The first kappa shape index (κ1) is 91.5. The lowest BCUT2D eigenvalue weighted by atomic mass is 9.99. The molecule has 1 aliphatic rings. The molecule has 116 heavy (non-hydrogen) atoms. The van der Waals surface area contributed by atoms with Gasteiger partial charge >= 0.3 is 0 Å². The summed E-state index contributed by atoms with van der Waals surface area (Å²) in [4.78, 5) is 197. The molecule has 3 aromatic heterocycles. The minimum absolute atomic E-state index is 0.0164. The number of unbranched alkanes of at least 4 members (excludes halogenated alkanes) is 3. The number of carbonyl (C=O) groups excluding carboxylic acids is 13. The summed E-state index contributed by atoms with van der Waals surface area (Å²) in [7, 11) is 0. The van der Waals surface area contributed by atoms with Gasteiger partial charge in [0.15, 0.2) is 0 Å². The minimum Gasteiger partial charge on any atom is -0.394 e. The summed E-state index contributed by atoms with van der Waals surface area (Å²) in [5.74, 6) is -9.61. The molecule has 0 saturated carbocycles. The molecule has 10 atom stereocenters. The maximum atomic E-state index is 15.2. The molecule has 4 heterocycles. The number of carbonyl (C=O) groups is 13. The van der Waals surface area contributed by atoms with Crippen LogP contribution in [0.4, 0.5) is 11.6 Å². The summed E-state index contributed by atoms with van der Waals surface area (Å²) >= 11 is 6.27. The highest BCUT2D eigenvalue weighted by molar-refractivity contribution is 6.30. The van der Waals surface area contributed by atoms with E-state index < -0.39 is 144 Å². The van der Waals surface area contributed by atoms with E-state index in [4.69, 9.17) is 28.8 Å². The molecular formula is C82H110ClN19O14. The van der Waals surface area contributed by atoms with E-state index >= 15 is 9.59 Å². The van der Waals surface area contributed by atoms with E-state index in [0.717, 1.165) is 10.8 Å². The number of aromatic nitrogens is 3. The largest absolute Gasteiger partial charge is 0.394 e. The van der Waals surface area contributed by atoms with Crippen molar-refractivity contribution in [2.75, 3.05) is 44.3 Å². The van der Waals surface area contributed by atoms with Crippen molar-refractivity contribution in [3.8, 4) is 0 Å². The number of amides is 13. The van der Waals surface area contributed by atoms with Gasteiger partial charge in [0.05, 0.1) is 17.7 Å². The van der Waals surface area contributed by atoms with Gasteiger partial charge in [-0.25, -0.2) is 9.97 Å². The number of likely N-dealkylation sites (tertiary alicyclic amines) is 1. The number of halogens is 1. The molecule has 0 aliphatic carbocycles. The van der Waals surface area contributed by atoms with Crippen LogP contribution in [0.5, 0.6) is 0 Å². The average molecular weight is 1620 g/mol. The second-order valence-corrected chi connectivity index (χ2v) is 30.1. The minimum atomic E-state index is -1.85. The third-order valence-electron chi connectivity index (χ3n) is 19.4. The molecule has 1 fully saturated rings. The predicted molar refractivity (Wildman–Crippen MR) is 437 cm³/mol. The molecule has 3 aromatic carbocycles. The van der Waals surface area contributed by atoms with Crippen molar-refractivity contribution < 1.29 is 67.4 Å². The number of fused-ring (bicyclic) bond motifs is 1. The smallest absolute Gasteiger partial charge is 0.252 e. The van der Waals surface area contributed by atoms with Crippen molar-refractivity contribution in [1.29, 1.82) is 0 Å². The van der Waals surface area contributed by atoms with Crippen LogP contribution in [-0.2, 0) is 72.0 Å². The van der Waals surface area contributed by atoms with Crippen LogP contribution in [0.1, 0.15) is 156 Å². The topological polar surface area (TPSA) is 506 Å². The van der Waals surface area contributed by atoms with Crippen molar-refractivity contribution in [3.63, 3.8) is 0 Å². The number of nitrogens with zero attached hydrogens (tertiary/aromatic N) is 4. The third kappa shape index (κ3) is 30.2. The molecule has 0 bridgehead atoms. The van der Waals surface area contributed by atoms with Gasteiger partial charge in [0.25, 0.3) is 11.8 Å². The van der Waals surface area contributed by atoms with Crippen molar-refractivity contribution >= 4 is 111 Å². The van der Waals surface area contributed by atoms with Crippen LogP contribution in [0.25, 0.3) is 10.8 Å². The highest BCUT2D eigenvalue weighted by Crippen LogP contribution is 2.23. The number of nitrogens with one attached hydrogen (secondary N) is 12. The summed E-state index contributed by atoms with van der Waals surface area (Å²) in [6, 6.07) is 15.3. The fraction of sp³-hybridized carbons (Fsp3) is 0.463. The van der Waals surface area contributed by atoms with Gasteiger partial charge in [0.2, 0.25) is 65.0 Å². The summed E-state index contributed by atoms with van der Waals surface area (Å²) < 4.78 is 0. The molecule has 1 saturated heterocycles. The zero-order chi connectivity index (χ0) is 84.4. The monoisotopic (exact) mass is 1620 g/mol. The van der Waals surface area contributed by atoms with E-state index in [-0.39, 0.29) is 131 Å². The Balaban J connectivity index is 1.16. The van der Waals surface area contributed by atoms with E-state index in [2.05, 4.69) is 78.8 Å². The quantitative estimate of drug-likeness (QED) is 0.0243. The second-order valence-electron chi connectivity index (χ2n) is 29.6. The van der Waals surface area contributed by atoms with Gasteiger partial charge in [0.1, 0.15) is 72.1 Å². The van der Waals surface area contributed by atoms with Crippen molar-refractivity contribution in [2.45, 2.75) is 204 Å². The van der Waals surface area contributed by atoms with Gasteiger partial charge < -0.3 is 91.0 Å². The number of benzene rings is 3. The molecule has 33 nitrogen and oxygen atoms in total. The molecule has 0 spiro atoms. The molecule has 0 unspecified atom stereocenters. The Kier molecular flexibility index (Phi) is 36.7. The fourth-order valence-corrected chi connectivity index (χ4v) is 13.2. The van der Waals surface area contributed by atoms with Gasteiger partial charge in [-0.1, -0.05) is 100.0 Å². The lowest BCUT2D eigenvalue weighted by Gasteiger charge is -2.31. The first-order valence-electron chi connectivity index (χ1n) is 39.2. The van der Waals surface area contributed by atoms with Gasteiger partial charge in [-0.2, -0.15) is 0 Å². The molecule has 1 aliphatic heterocycles. The number of anilines is 2. The molecule has 7 rings (SSSR count). The normalized spacial score (nSPS) is 14.8. The van der Waals surface area contributed by atoms with Gasteiger partial charge in [-0.3, -0.25) is 67.3 Å². The zero-order valence-corrected chi connectivity index (χ0v) is 67.1. The van der Waals surface area contributed by atoms with Crippen molar-refractivity contribution in [3.05, 3.63) is 161 Å². The van der Waals surface area contributed by atoms with Gasteiger partial charge in [-0.05, 0) is 166 Å². The van der Waals surface area contributed by atoms with Crippen LogP contribution in [0, 0.1) is 5.92 Å². The van der Waals surface area contributed by atoms with Crippen LogP contribution in [0.15, 0.2) is 128 Å². The Morgan fingerprint density at radius 3 is 1.49 bits per heavy atom. The number of pyridine rings is 3. The molecule has 19 N–H and O–H groups in total.